The maximum Gasteiger partial charge on any atom is 0.194 e. The summed E-state index contributed by atoms with van der Waals surface area (Å²) in [6, 6.07) is 2.13. The molecule has 0 unspecified atom stereocenters. The number of thiazole rings is 1. The molecule has 2 rings (SSSR count). The van der Waals surface area contributed by atoms with Gasteiger partial charge in [0, 0.05) is 41.9 Å². The Bertz CT molecular complexity index is 669. The molecular weight excluding hydrogens is 374 g/mol. The maximum absolute atomic E-state index is 4.73. The first-order chi connectivity index (χ1) is 10.9. The molecule has 0 aromatic carbocycles. The summed E-state index contributed by atoms with van der Waals surface area (Å²) >= 11 is 5.24. The van der Waals surface area contributed by atoms with Gasteiger partial charge in [-0.3, -0.25) is 0 Å². The van der Waals surface area contributed by atoms with Crippen LogP contribution in [0, 0.1) is 13.8 Å². The minimum atomic E-state index is 0.614. The van der Waals surface area contributed by atoms with Gasteiger partial charge in [-0.2, -0.15) is 0 Å². The summed E-state index contributed by atoms with van der Waals surface area (Å²) in [5, 5.41) is 4.41. The quantitative estimate of drug-likeness (QED) is 0.620. The number of aromatic nitrogens is 2. The van der Waals surface area contributed by atoms with Gasteiger partial charge >= 0.3 is 0 Å². The topological polar surface area (TPSA) is 45.5 Å². The van der Waals surface area contributed by atoms with Gasteiger partial charge < -0.3 is 14.8 Å². The molecule has 1 N–H and O–H groups in total. The third kappa shape index (κ3) is 4.81. The van der Waals surface area contributed by atoms with Gasteiger partial charge in [0.1, 0.15) is 5.01 Å². The molecule has 0 radical (unpaired) electrons. The molecule has 2 heterocycles. The third-order valence-electron chi connectivity index (χ3n) is 3.61. The number of hydrogen-bond donors (Lipinski definition) is 1. The van der Waals surface area contributed by atoms with Crippen molar-refractivity contribution in [3.8, 4) is 0 Å². The van der Waals surface area contributed by atoms with Crippen molar-refractivity contribution < 1.29 is 0 Å². The lowest BCUT2D eigenvalue weighted by molar-refractivity contribution is 0.462. The van der Waals surface area contributed by atoms with Crippen molar-refractivity contribution in [2.75, 3.05) is 13.6 Å². The Balaban J connectivity index is 2.09. The molecule has 0 spiro atoms. The van der Waals surface area contributed by atoms with Gasteiger partial charge in [0.2, 0.25) is 0 Å². The van der Waals surface area contributed by atoms with E-state index < -0.39 is 0 Å². The number of aliphatic imine (C=N–C) groups is 1. The molecule has 0 atom stereocenters. The molecule has 0 aliphatic rings. The molecule has 0 aliphatic heterocycles. The van der Waals surface area contributed by atoms with Crippen LogP contribution in [-0.2, 0) is 20.1 Å². The van der Waals surface area contributed by atoms with Gasteiger partial charge in [0.15, 0.2) is 5.96 Å². The van der Waals surface area contributed by atoms with Gasteiger partial charge in [0.05, 0.1) is 18.8 Å². The molecule has 7 heteroatoms. The van der Waals surface area contributed by atoms with E-state index in [0.29, 0.717) is 6.54 Å². The Labute approximate surface area is 150 Å². The molecule has 2 aromatic heterocycles. The zero-order chi connectivity index (χ0) is 17.0. The summed E-state index contributed by atoms with van der Waals surface area (Å²) in [7, 11) is 4.11. The molecule has 0 saturated carbocycles. The summed E-state index contributed by atoms with van der Waals surface area (Å²) in [4.78, 5) is 12.7. The van der Waals surface area contributed by atoms with Crippen LogP contribution in [0.1, 0.15) is 28.2 Å². The Kier molecular flexibility index (Phi) is 6.24. The highest BCUT2D eigenvalue weighted by atomic mass is 79.9. The lowest BCUT2D eigenvalue weighted by Crippen LogP contribution is -2.38. The van der Waals surface area contributed by atoms with Crippen LogP contribution in [0.25, 0.3) is 0 Å². The van der Waals surface area contributed by atoms with Crippen LogP contribution in [0.5, 0.6) is 0 Å². The van der Waals surface area contributed by atoms with E-state index in [1.165, 1.54) is 10.6 Å². The normalized spacial score (nSPS) is 11.8. The van der Waals surface area contributed by atoms with Gasteiger partial charge in [0.25, 0.3) is 0 Å². The second-order valence-electron chi connectivity index (χ2n) is 5.54. The van der Waals surface area contributed by atoms with E-state index in [1.54, 1.807) is 11.3 Å². The fourth-order valence-electron chi connectivity index (χ4n) is 2.26. The molecule has 23 heavy (non-hydrogen) atoms. The number of hydrogen-bond acceptors (Lipinski definition) is 3. The van der Waals surface area contributed by atoms with Gasteiger partial charge in [-0.25, -0.2) is 9.98 Å². The van der Waals surface area contributed by atoms with Crippen molar-refractivity contribution in [1.82, 2.24) is 19.8 Å². The summed E-state index contributed by atoms with van der Waals surface area (Å²) in [5.74, 6) is 0.898. The second kappa shape index (κ2) is 7.97. The average Bonchev–Trinajstić information content (AvgIpc) is 2.97. The lowest BCUT2D eigenvalue weighted by Gasteiger charge is -2.22. The van der Waals surface area contributed by atoms with Crippen LogP contribution < -0.4 is 5.32 Å². The molecule has 5 nitrogen and oxygen atoms in total. The average molecular weight is 398 g/mol. The maximum atomic E-state index is 4.73. The smallest absolute Gasteiger partial charge is 0.194 e. The zero-order valence-electron chi connectivity index (χ0n) is 14.4. The van der Waals surface area contributed by atoms with Crippen LogP contribution >= 0.6 is 27.3 Å². The standard InChI is InChI=1S/C16H24BrN5S/c1-6-18-16(19-8-15-20-11(2)12(3)23-15)22(5)10-14-7-13(17)9-21(14)4/h7,9H,6,8,10H2,1-5H3,(H,18,19). The number of nitrogens with zero attached hydrogens (tertiary/aromatic N) is 4. The predicted molar refractivity (Wildman–Crippen MR) is 101 cm³/mol. The first kappa shape index (κ1) is 18.0. The highest BCUT2D eigenvalue weighted by Crippen LogP contribution is 2.18. The van der Waals surface area contributed by atoms with Crippen molar-refractivity contribution in [3.63, 3.8) is 0 Å². The van der Waals surface area contributed by atoms with Crippen molar-refractivity contribution in [3.05, 3.63) is 38.0 Å². The Morgan fingerprint density at radius 3 is 2.74 bits per heavy atom. The van der Waals surface area contributed by atoms with Gasteiger partial charge in [-0.1, -0.05) is 0 Å². The van der Waals surface area contributed by atoms with Gasteiger partial charge in [-0.05, 0) is 42.8 Å². The molecule has 0 bridgehead atoms. The van der Waals surface area contributed by atoms with Crippen molar-refractivity contribution in [2.24, 2.45) is 12.0 Å². The first-order valence-electron chi connectivity index (χ1n) is 7.63. The molecule has 126 valence electrons. The van der Waals surface area contributed by atoms with Crippen LogP contribution in [-0.4, -0.2) is 34.0 Å². The number of aryl methyl sites for hydroxylation is 3. The SMILES string of the molecule is CCNC(=NCc1nc(C)c(C)s1)N(C)Cc1cc(Br)cn1C. The number of nitrogens with one attached hydrogen (secondary N) is 1. The molecular formula is C16H24BrN5S. The summed E-state index contributed by atoms with van der Waals surface area (Å²) in [6.45, 7) is 8.48. The Hall–Kier alpha value is -1.34. The molecule has 2 aromatic rings. The van der Waals surface area contributed by atoms with E-state index in [9.17, 15) is 0 Å². The largest absolute Gasteiger partial charge is 0.357 e. The third-order valence-corrected chi connectivity index (χ3v) is 5.10. The van der Waals surface area contributed by atoms with Crippen LogP contribution in [0.3, 0.4) is 0 Å². The first-order valence-corrected chi connectivity index (χ1v) is 9.24. The van der Waals surface area contributed by atoms with Crippen LogP contribution in [0.15, 0.2) is 21.7 Å². The minimum absolute atomic E-state index is 0.614. The highest BCUT2D eigenvalue weighted by Gasteiger charge is 2.10. The predicted octanol–water partition coefficient (Wildman–Crippen LogP) is 3.46. The monoisotopic (exact) mass is 397 g/mol. The van der Waals surface area contributed by atoms with E-state index in [0.717, 1.165) is 34.2 Å². The number of guanidine groups is 1. The highest BCUT2D eigenvalue weighted by molar-refractivity contribution is 9.10. The van der Waals surface area contributed by atoms with Crippen LogP contribution in [0.4, 0.5) is 0 Å². The zero-order valence-corrected chi connectivity index (χ0v) is 16.8. The van der Waals surface area contributed by atoms with E-state index in [1.807, 2.05) is 6.92 Å². The molecule has 0 amide bonds. The summed E-state index contributed by atoms with van der Waals surface area (Å²) in [6.07, 6.45) is 2.06. The minimum Gasteiger partial charge on any atom is -0.357 e. The fourth-order valence-corrected chi connectivity index (χ4v) is 3.69. The van der Waals surface area contributed by atoms with E-state index in [2.05, 4.69) is 75.9 Å². The van der Waals surface area contributed by atoms with Crippen molar-refractivity contribution in [1.29, 1.82) is 0 Å². The van der Waals surface area contributed by atoms with Crippen LogP contribution in [0.2, 0.25) is 0 Å². The Morgan fingerprint density at radius 2 is 2.22 bits per heavy atom. The second-order valence-corrected chi connectivity index (χ2v) is 7.74. The van der Waals surface area contributed by atoms with Gasteiger partial charge in [-0.15, -0.1) is 11.3 Å². The number of halogens is 1. The summed E-state index contributed by atoms with van der Waals surface area (Å²) in [5.41, 5.74) is 2.33. The molecule has 0 aliphatic carbocycles. The molecule has 0 fully saturated rings. The fraction of sp³-hybridized carbons (Fsp3) is 0.500. The van der Waals surface area contributed by atoms with E-state index in [-0.39, 0.29) is 0 Å². The van der Waals surface area contributed by atoms with Crippen molar-refractivity contribution in [2.45, 2.75) is 33.9 Å². The molecule has 0 saturated heterocycles. The Morgan fingerprint density at radius 1 is 1.48 bits per heavy atom. The summed E-state index contributed by atoms with van der Waals surface area (Å²) < 4.78 is 3.22. The van der Waals surface area contributed by atoms with E-state index in [4.69, 9.17) is 4.99 Å². The van der Waals surface area contributed by atoms with E-state index >= 15 is 0 Å². The lowest BCUT2D eigenvalue weighted by atomic mass is 10.4. The number of rotatable bonds is 5. The van der Waals surface area contributed by atoms with Crippen molar-refractivity contribution >= 4 is 33.2 Å².